The van der Waals surface area contributed by atoms with Gasteiger partial charge < -0.3 is 9.63 Å². The summed E-state index contributed by atoms with van der Waals surface area (Å²) in [5.74, 6) is 2.46. The van der Waals surface area contributed by atoms with Crippen molar-refractivity contribution in [2.75, 3.05) is 0 Å². The number of hydrogen-bond donors (Lipinski definition) is 1. The van der Waals surface area contributed by atoms with Crippen LogP contribution in [0.5, 0.6) is 0 Å². The molecule has 1 N–H and O–H groups in total. The molecule has 1 heterocycles. The second kappa shape index (κ2) is 4.17. The Balaban J connectivity index is 1.67. The molecule has 0 amide bonds. The molecule has 0 aromatic carbocycles. The second-order valence-corrected chi connectivity index (χ2v) is 5.15. The van der Waals surface area contributed by atoms with Crippen LogP contribution in [0.1, 0.15) is 68.5 Å². The van der Waals surface area contributed by atoms with Crippen LogP contribution in [0.2, 0.25) is 0 Å². The summed E-state index contributed by atoms with van der Waals surface area (Å²) in [6, 6.07) is 0. The van der Waals surface area contributed by atoms with Crippen LogP contribution >= 0.6 is 0 Å². The van der Waals surface area contributed by atoms with Crippen molar-refractivity contribution >= 4 is 0 Å². The minimum atomic E-state index is -0.157. The van der Waals surface area contributed by atoms with Gasteiger partial charge in [-0.15, -0.1) is 0 Å². The topological polar surface area (TPSA) is 59.2 Å². The van der Waals surface area contributed by atoms with Crippen LogP contribution in [0.4, 0.5) is 0 Å². The predicted octanol–water partition coefficient (Wildman–Crippen LogP) is 2.36. The first-order chi connectivity index (χ1) is 7.83. The van der Waals surface area contributed by atoms with E-state index in [2.05, 4.69) is 10.1 Å². The molecule has 0 radical (unpaired) electrons. The molecule has 2 aliphatic carbocycles. The maximum atomic E-state index is 9.25. The number of aliphatic hydroxyl groups excluding tert-OH is 1. The van der Waals surface area contributed by atoms with Gasteiger partial charge in [-0.25, -0.2) is 0 Å². The summed E-state index contributed by atoms with van der Waals surface area (Å²) in [6.07, 6.45) is 7.73. The van der Waals surface area contributed by atoms with Crippen molar-refractivity contribution < 1.29 is 9.63 Å². The second-order valence-electron chi connectivity index (χ2n) is 5.15. The molecule has 2 saturated carbocycles. The molecule has 2 aliphatic rings. The quantitative estimate of drug-likeness (QED) is 0.834. The molecule has 4 nitrogen and oxygen atoms in total. The highest BCUT2D eigenvalue weighted by molar-refractivity contribution is 5.04. The van der Waals surface area contributed by atoms with Gasteiger partial charge in [0.2, 0.25) is 5.89 Å². The molecule has 2 fully saturated rings. The smallest absolute Gasteiger partial charge is 0.229 e. The van der Waals surface area contributed by atoms with Crippen LogP contribution in [0.15, 0.2) is 4.52 Å². The third-order valence-electron chi connectivity index (χ3n) is 3.89. The van der Waals surface area contributed by atoms with Crippen molar-refractivity contribution in [3.63, 3.8) is 0 Å². The largest absolute Gasteiger partial charge is 0.393 e. The zero-order chi connectivity index (χ0) is 11.0. The molecule has 88 valence electrons. The number of nitrogens with zero attached hydrogens (tertiary/aromatic N) is 2. The molecule has 1 aromatic heterocycles. The van der Waals surface area contributed by atoms with Gasteiger partial charge in [0.1, 0.15) is 0 Å². The molecular formula is C12H18N2O2. The Morgan fingerprint density at radius 2 is 1.81 bits per heavy atom. The zero-order valence-electron chi connectivity index (χ0n) is 9.43. The van der Waals surface area contributed by atoms with E-state index in [4.69, 9.17) is 4.52 Å². The van der Waals surface area contributed by atoms with Gasteiger partial charge in [0, 0.05) is 11.8 Å². The molecule has 0 unspecified atom stereocenters. The Hall–Kier alpha value is -0.900. The zero-order valence-corrected chi connectivity index (χ0v) is 9.43. The summed E-state index contributed by atoms with van der Waals surface area (Å²) in [5, 5.41) is 13.3. The first kappa shape index (κ1) is 10.3. The summed E-state index contributed by atoms with van der Waals surface area (Å²) in [6.45, 7) is 0. The molecule has 0 bridgehead atoms. The number of aromatic nitrogens is 2. The highest BCUT2D eigenvalue weighted by atomic mass is 16.5. The van der Waals surface area contributed by atoms with Gasteiger partial charge in [0.25, 0.3) is 0 Å². The lowest BCUT2D eigenvalue weighted by molar-refractivity contribution is 0.0625. The lowest BCUT2D eigenvalue weighted by Gasteiger charge is -2.27. The van der Waals surface area contributed by atoms with E-state index in [1.807, 2.05) is 0 Å². The van der Waals surface area contributed by atoms with E-state index in [1.165, 1.54) is 32.1 Å². The minimum absolute atomic E-state index is 0.157. The van der Waals surface area contributed by atoms with E-state index < -0.39 is 0 Å². The Bertz CT molecular complexity index is 352. The molecule has 0 atom stereocenters. The molecule has 0 saturated heterocycles. The standard InChI is InChI=1S/C12H18N2O2/c15-10-6-9(7-10)12-13-11(14-16-12)8-4-2-1-3-5-8/h8-10,15H,1-7H2. The fourth-order valence-electron chi connectivity index (χ4n) is 2.73. The number of hydrogen-bond acceptors (Lipinski definition) is 4. The van der Waals surface area contributed by atoms with E-state index in [-0.39, 0.29) is 6.10 Å². The Morgan fingerprint density at radius 1 is 1.06 bits per heavy atom. The van der Waals surface area contributed by atoms with Crippen molar-refractivity contribution in [3.05, 3.63) is 11.7 Å². The van der Waals surface area contributed by atoms with Crippen LogP contribution in [-0.4, -0.2) is 21.4 Å². The van der Waals surface area contributed by atoms with Crippen LogP contribution < -0.4 is 0 Å². The SMILES string of the molecule is OC1CC(c2nc(C3CCCCC3)no2)C1. The van der Waals surface area contributed by atoms with Crippen molar-refractivity contribution in [2.45, 2.75) is 62.9 Å². The van der Waals surface area contributed by atoms with Gasteiger partial charge in [0.05, 0.1) is 6.10 Å². The molecule has 3 rings (SSSR count). The molecule has 1 aromatic rings. The van der Waals surface area contributed by atoms with Crippen molar-refractivity contribution in [1.82, 2.24) is 10.1 Å². The third kappa shape index (κ3) is 1.86. The lowest BCUT2D eigenvalue weighted by Crippen LogP contribution is -2.26. The molecule has 16 heavy (non-hydrogen) atoms. The summed E-state index contributed by atoms with van der Waals surface area (Å²) in [5.41, 5.74) is 0. The number of aliphatic hydroxyl groups is 1. The molecular weight excluding hydrogens is 204 g/mol. The van der Waals surface area contributed by atoms with Gasteiger partial charge in [-0.1, -0.05) is 24.4 Å². The maximum absolute atomic E-state index is 9.25. The highest BCUT2D eigenvalue weighted by Crippen LogP contribution is 2.37. The predicted molar refractivity (Wildman–Crippen MR) is 58.1 cm³/mol. The van der Waals surface area contributed by atoms with Crippen molar-refractivity contribution in [3.8, 4) is 0 Å². The van der Waals surface area contributed by atoms with E-state index in [9.17, 15) is 5.11 Å². The monoisotopic (exact) mass is 222 g/mol. The first-order valence-corrected chi connectivity index (χ1v) is 6.34. The fourth-order valence-corrected chi connectivity index (χ4v) is 2.73. The summed E-state index contributed by atoms with van der Waals surface area (Å²) < 4.78 is 5.30. The van der Waals surface area contributed by atoms with E-state index in [1.54, 1.807) is 0 Å². The van der Waals surface area contributed by atoms with Crippen molar-refractivity contribution in [1.29, 1.82) is 0 Å². The normalized spacial score (nSPS) is 31.3. The highest BCUT2D eigenvalue weighted by Gasteiger charge is 2.33. The van der Waals surface area contributed by atoms with Gasteiger partial charge in [-0.3, -0.25) is 0 Å². The van der Waals surface area contributed by atoms with E-state index in [0.717, 1.165) is 24.6 Å². The molecule has 4 heteroatoms. The molecule has 0 aliphatic heterocycles. The number of rotatable bonds is 2. The van der Waals surface area contributed by atoms with Crippen LogP contribution in [-0.2, 0) is 0 Å². The Kier molecular flexibility index (Phi) is 2.67. The average Bonchev–Trinajstić information content (AvgIpc) is 2.75. The van der Waals surface area contributed by atoms with Crippen molar-refractivity contribution in [2.24, 2.45) is 0 Å². The summed E-state index contributed by atoms with van der Waals surface area (Å²) in [4.78, 5) is 4.50. The van der Waals surface area contributed by atoms with Crippen LogP contribution in [0.3, 0.4) is 0 Å². The maximum Gasteiger partial charge on any atom is 0.229 e. The van der Waals surface area contributed by atoms with Gasteiger partial charge in [-0.05, 0) is 25.7 Å². The summed E-state index contributed by atoms with van der Waals surface area (Å²) >= 11 is 0. The Labute approximate surface area is 95.0 Å². The van der Waals surface area contributed by atoms with Gasteiger partial charge >= 0.3 is 0 Å². The third-order valence-corrected chi connectivity index (χ3v) is 3.89. The summed E-state index contributed by atoms with van der Waals surface area (Å²) in [7, 11) is 0. The fraction of sp³-hybridized carbons (Fsp3) is 0.833. The van der Waals surface area contributed by atoms with Gasteiger partial charge in [-0.2, -0.15) is 4.98 Å². The van der Waals surface area contributed by atoms with Crippen LogP contribution in [0, 0.1) is 0 Å². The average molecular weight is 222 g/mol. The van der Waals surface area contributed by atoms with Gasteiger partial charge in [0.15, 0.2) is 5.82 Å². The lowest BCUT2D eigenvalue weighted by atomic mass is 9.82. The minimum Gasteiger partial charge on any atom is -0.393 e. The van der Waals surface area contributed by atoms with E-state index in [0.29, 0.717) is 11.8 Å². The first-order valence-electron chi connectivity index (χ1n) is 6.34. The molecule has 0 spiro atoms. The van der Waals surface area contributed by atoms with E-state index >= 15 is 0 Å². The Morgan fingerprint density at radius 3 is 2.50 bits per heavy atom. The van der Waals surface area contributed by atoms with Crippen LogP contribution in [0.25, 0.3) is 0 Å².